The number of unbranched alkanes of at least 4 members (excludes halogenated alkanes) is 4. The summed E-state index contributed by atoms with van der Waals surface area (Å²) in [4.78, 5) is 0. The molecule has 0 N–H and O–H groups in total. The molecule has 0 unspecified atom stereocenters. The van der Waals surface area contributed by atoms with Crippen LogP contribution in [0.2, 0.25) is 0 Å². The minimum Gasteiger partial charge on any atom is -0.198 e. The van der Waals surface area contributed by atoms with Crippen LogP contribution in [-0.2, 0) is 6.42 Å². The zero-order valence-corrected chi connectivity index (χ0v) is 20.7. The maximum Gasteiger partial charge on any atom is 0.0689 e. The van der Waals surface area contributed by atoms with E-state index in [0.29, 0.717) is 11.8 Å². The van der Waals surface area contributed by atoms with Gasteiger partial charge in [-0.25, -0.2) is 0 Å². The lowest BCUT2D eigenvalue weighted by molar-refractivity contribution is 0.198. The molecule has 0 spiro atoms. The Balaban J connectivity index is 1.54. The van der Waals surface area contributed by atoms with Gasteiger partial charge in [-0.2, -0.15) is 5.26 Å². The summed E-state index contributed by atoms with van der Waals surface area (Å²) in [6, 6.07) is 21.1. The van der Waals surface area contributed by atoms with Gasteiger partial charge in [-0.05, 0) is 79.0 Å². The Kier molecular flexibility index (Phi) is 9.40. The molecule has 1 saturated carbocycles. The van der Waals surface area contributed by atoms with E-state index in [0.717, 1.165) is 32.1 Å². The summed E-state index contributed by atoms with van der Waals surface area (Å²) in [5.41, 5.74) is 5.45. The van der Waals surface area contributed by atoms with Crippen LogP contribution in [0.4, 0.5) is 0 Å². The second-order valence-corrected chi connectivity index (χ2v) is 10.4. The van der Waals surface area contributed by atoms with E-state index in [1.807, 2.05) is 0 Å². The van der Waals surface area contributed by atoms with Crippen molar-refractivity contribution in [2.45, 2.75) is 104 Å². The van der Waals surface area contributed by atoms with Crippen LogP contribution in [0.5, 0.6) is 0 Å². The fraction of sp³-hybridized carbons (Fsp3) is 0.581. The third kappa shape index (κ3) is 6.71. The van der Waals surface area contributed by atoms with Crippen LogP contribution in [0.25, 0.3) is 11.1 Å². The Morgan fingerprint density at radius 3 is 2.03 bits per heavy atom. The van der Waals surface area contributed by atoms with E-state index >= 15 is 0 Å². The number of aryl methyl sites for hydroxylation is 1. The molecule has 1 aliphatic rings. The van der Waals surface area contributed by atoms with Crippen molar-refractivity contribution < 1.29 is 0 Å². The molecule has 32 heavy (non-hydrogen) atoms. The molecule has 2 aromatic rings. The third-order valence-electron chi connectivity index (χ3n) is 7.85. The molecule has 1 atom stereocenters. The van der Waals surface area contributed by atoms with Crippen LogP contribution >= 0.6 is 0 Å². The summed E-state index contributed by atoms with van der Waals surface area (Å²) in [7, 11) is 0. The summed E-state index contributed by atoms with van der Waals surface area (Å²) in [5, 5.41) is 9.86. The lowest BCUT2D eigenvalue weighted by Gasteiger charge is -2.36. The first-order chi connectivity index (χ1) is 15.6. The SMILES string of the molecule is CCCCCCCc1ccc(-c2ccc(C3CCC(C#N)(C[C@H](C)CC)CC3)cc2)cc1. The van der Waals surface area contributed by atoms with Gasteiger partial charge in [0.1, 0.15) is 0 Å². The van der Waals surface area contributed by atoms with Crippen molar-refractivity contribution in [3.8, 4) is 17.2 Å². The molecule has 172 valence electrons. The van der Waals surface area contributed by atoms with Crippen molar-refractivity contribution in [1.29, 1.82) is 5.26 Å². The summed E-state index contributed by atoms with van der Waals surface area (Å²) >= 11 is 0. The van der Waals surface area contributed by atoms with E-state index in [4.69, 9.17) is 0 Å². The van der Waals surface area contributed by atoms with Crippen molar-refractivity contribution >= 4 is 0 Å². The number of benzene rings is 2. The van der Waals surface area contributed by atoms with Gasteiger partial charge in [0.05, 0.1) is 11.5 Å². The van der Waals surface area contributed by atoms with Crippen molar-refractivity contribution in [1.82, 2.24) is 0 Å². The van der Waals surface area contributed by atoms with Crippen molar-refractivity contribution in [3.63, 3.8) is 0 Å². The minimum atomic E-state index is -0.0797. The Morgan fingerprint density at radius 2 is 1.47 bits per heavy atom. The van der Waals surface area contributed by atoms with E-state index in [9.17, 15) is 5.26 Å². The van der Waals surface area contributed by atoms with Crippen molar-refractivity contribution in [2.75, 3.05) is 0 Å². The first-order valence-corrected chi connectivity index (χ1v) is 13.2. The summed E-state index contributed by atoms with van der Waals surface area (Å²) in [6.07, 6.45) is 14.6. The molecule has 0 aromatic heterocycles. The second-order valence-electron chi connectivity index (χ2n) is 10.4. The second kappa shape index (κ2) is 12.2. The maximum atomic E-state index is 9.86. The van der Waals surface area contributed by atoms with Gasteiger partial charge in [0.15, 0.2) is 0 Å². The number of nitriles is 1. The Labute approximate surface area is 197 Å². The van der Waals surface area contributed by atoms with Gasteiger partial charge in [-0.1, -0.05) is 101 Å². The molecule has 1 nitrogen and oxygen atoms in total. The summed E-state index contributed by atoms with van der Waals surface area (Å²) < 4.78 is 0. The average molecular weight is 430 g/mol. The van der Waals surface area contributed by atoms with Crippen molar-refractivity contribution in [2.24, 2.45) is 11.3 Å². The van der Waals surface area contributed by atoms with Crippen LogP contribution in [0.15, 0.2) is 48.5 Å². The average Bonchev–Trinajstić information content (AvgIpc) is 2.85. The van der Waals surface area contributed by atoms with Gasteiger partial charge in [0.2, 0.25) is 0 Å². The molecule has 3 rings (SSSR count). The van der Waals surface area contributed by atoms with Gasteiger partial charge >= 0.3 is 0 Å². The number of hydrogen-bond acceptors (Lipinski definition) is 1. The number of hydrogen-bond donors (Lipinski definition) is 0. The topological polar surface area (TPSA) is 23.8 Å². The number of rotatable bonds is 11. The Bertz CT molecular complexity index is 832. The summed E-state index contributed by atoms with van der Waals surface area (Å²) in [5.74, 6) is 1.26. The zero-order chi connectivity index (χ0) is 22.8. The lowest BCUT2D eigenvalue weighted by Crippen LogP contribution is -2.27. The molecule has 2 aromatic carbocycles. The van der Waals surface area contributed by atoms with Crippen LogP contribution in [0.3, 0.4) is 0 Å². The highest BCUT2D eigenvalue weighted by molar-refractivity contribution is 5.64. The van der Waals surface area contributed by atoms with E-state index in [1.165, 1.54) is 67.2 Å². The van der Waals surface area contributed by atoms with Crippen LogP contribution < -0.4 is 0 Å². The predicted octanol–water partition coefficient (Wildman–Crippen LogP) is 9.47. The smallest absolute Gasteiger partial charge is 0.0689 e. The van der Waals surface area contributed by atoms with Crippen molar-refractivity contribution in [3.05, 3.63) is 59.7 Å². The van der Waals surface area contributed by atoms with Gasteiger partial charge in [-0.15, -0.1) is 0 Å². The first kappa shape index (κ1) is 24.6. The quantitative estimate of drug-likeness (QED) is 0.326. The van der Waals surface area contributed by atoms with Crippen LogP contribution in [0, 0.1) is 22.7 Å². The fourth-order valence-corrected chi connectivity index (χ4v) is 5.42. The maximum absolute atomic E-state index is 9.86. The third-order valence-corrected chi connectivity index (χ3v) is 7.85. The molecule has 0 heterocycles. The Hall–Kier alpha value is -2.07. The highest BCUT2D eigenvalue weighted by atomic mass is 14.4. The molecule has 1 heteroatoms. The monoisotopic (exact) mass is 429 g/mol. The molecule has 0 saturated heterocycles. The predicted molar refractivity (Wildman–Crippen MR) is 138 cm³/mol. The van der Waals surface area contributed by atoms with Crippen LogP contribution in [0.1, 0.15) is 108 Å². The van der Waals surface area contributed by atoms with Gasteiger partial charge in [0.25, 0.3) is 0 Å². The van der Waals surface area contributed by atoms with Gasteiger partial charge < -0.3 is 0 Å². The molecule has 0 bridgehead atoms. The highest BCUT2D eigenvalue weighted by Crippen LogP contribution is 2.46. The van der Waals surface area contributed by atoms with E-state index < -0.39 is 0 Å². The van der Waals surface area contributed by atoms with Crippen LogP contribution in [-0.4, -0.2) is 0 Å². The fourth-order valence-electron chi connectivity index (χ4n) is 5.42. The number of nitrogens with zero attached hydrogens (tertiary/aromatic N) is 1. The standard InChI is InChI=1S/C31H43N/c1-4-6-7-8-9-10-26-11-13-27(14-12-26)28-15-17-29(18-16-28)30-19-21-31(24-32,22-20-30)23-25(3)5-2/h11-18,25,30H,4-10,19-23H2,1-3H3/t25-,30?,31?/m1/s1. The normalized spacial score (nSPS) is 21.8. The van der Waals surface area contributed by atoms with E-state index in [2.05, 4.69) is 75.4 Å². The molecule has 1 aliphatic carbocycles. The zero-order valence-electron chi connectivity index (χ0n) is 20.7. The lowest BCUT2D eigenvalue weighted by atomic mass is 9.66. The Morgan fingerprint density at radius 1 is 0.875 bits per heavy atom. The molecule has 0 radical (unpaired) electrons. The highest BCUT2D eigenvalue weighted by Gasteiger charge is 2.36. The van der Waals surface area contributed by atoms with Gasteiger partial charge in [-0.3, -0.25) is 0 Å². The molecular formula is C31H43N. The molecule has 0 amide bonds. The molecule has 0 aliphatic heterocycles. The van der Waals surface area contributed by atoms with E-state index in [1.54, 1.807) is 0 Å². The largest absolute Gasteiger partial charge is 0.198 e. The van der Waals surface area contributed by atoms with E-state index in [-0.39, 0.29) is 5.41 Å². The molecular weight excluding hydrogens is 386 g/mol. The minimum absolute atomic E-state index is 0.0797. The van der Waals surface area contributed by atoms with Gasteiger partial charge in [0, 0.05) is 0 Å². The molecule has 1 fully saturated rings. The summed E-state index contributed by atoms with van der Waals surface area (Å²) in [6.45, 7) is 6.81. The first-order valence-electron chi connectivity index (χ1n) is 13.2.